The number of aliphatic hydroxyl groups is 1. The molecular formula is C24H31NO3. The largest absolute Gasteiger partial charge is 0.489 e. The number of rotatable bonds is 5. The second-order valence-electron chi connectivity index (χ2n) is 8.74. The lowest BCUT2D eigenvalue weighted by molar-refractivity contribution is 0.0867. The average molecular weight is 382 g/mol. The van der Waals surface area contributed by atoms with E-state index in [1.54, 1.807) is 0 Å². The molecule has 1 amide bonds. The van der Waals surface area contributed by atoms with Crippen LogP contribution in [0.25, 0.3) is 0 Å². The van der Waals surface area contributed by atoms with Crippen LogP contribution in [0.4, 0.5) is 0 Å². The third-order valence-electron chi connectivity index (χ3n) is 5.37. The van der Waals surface area contributed by atoms with Crippen LogP contribution in [0, 0.1) is 0 Å². The number of nitrogens with one attached hydrogen (secondary N) is 1. The standard InChI is InChI=1S/C24H31NO3/c1-24(2,3)19-8-14-22(15-9-19)28-16-17-4-6-18(7-5-17)23(27)25-20-10-12-21(26)13-11-20/h4-9,14-15,20-21,26H,10-13,16H2,1-3H3,(H,25,27). The second-order valence-corrected chi connectivity index (χ2v) is 8.74. The summed E-state index contributed by atoms with van der Waals surface area (Å²) in [5, 5.41) is 12.6. The molecule has 0 bridgehead atoms. The Morgan fingerprint density at radius 2 is 1.61 bits per heavy atom. The van der Waals surface area contributed by atoms with Gasteiger partial charge in [0.15, 0.2) is 0 Å². The van der Waals surface area contributed by atoms with Gasteiger partial charge in [0.2, 0.25) is 0 Å². The molecule has 0 atom stereocenters. The number of carbonyl (C=O) groups excluding carboxylic acids is 1. The van der Waals surface area contributed by atoms with Gasteiger partial charge in [-0.1, -0.05) is 45.0 Å². The minimum atomic E-state index is -0.211. The van der Waals surface area contributed by atoms with Crippen LogP contribution in [0.2, 0.25) is 0 Å². The summed E-state index contributed by atoms with van der Waals surface area (Å²) < 4.78 is 5.87. The smallest absolute Gasteiger partial charge is 0.251 e. The normalized spacial score (nSPS) is 19.9. The van der Waals surface area contributed by atoms with Crippen LogP contribution in [0.5, 0.6) is 5.75 Å². The molecule has 0 radical (unpaired) electrons. The zero-order chi connectivity index (χ0) is 20.1. The molecule has 2 aromatic rings. The molecule has 28 heavy (non-hydrogen) atoms. The molecule has 4 nitrogen and oxygen atoms in total. The third kappa shape index (κ3) is 5.59. The van der Waals surface area contributed by atoms with Gasteiger partial charge in [-0.25, -0.2) is 0 Å². The zero-order valence-corrected chi connectivity index (χ0v) is 17.1. The first-order chi connectivity index (χ1) is 13.3. The van der Waals surface area contributed by atoms with Crippen molar-refractivity contribution in [2.45, 2.75) is 70.6 Å². The highest BCUT2D eigenvalue weighted by molar-refractivity contribution is 5.94. The summed E-state index contributed by atoms with van der Waals surface area (Å²) >= 11 is 0. The molecule has 2 N–H and O–H groups in total. The molecule has 0 spiro atoms. The quantitative estimate of drug-likeness (QED) is 0.796. The van der Waals surface area contributed by atoms with E-state index in [9.17, 15) is 9.90 Å². The maximum Gasteiger partial charge on any atom is 0.251 e. The molecule has 0 saturated heterocycles. The average Bonchev–Trinajstić information content (AvgIpc) is 2.68. The minimum absolute atomic E-state index is 0.0494. The summed E-state index contributed by atoms with van der Waals surface area (Å²) in [5.74, 6) is 0.793. The van der Waals surface area contributed by atoms with E-state index in [4.69, 9.17) is 4.74 Å². The minimum Gasteiger partial charge on any atom is -0.489 e. The molecule has 150 valence electrons. The maximum atomic E-state index is 12.4. The van der Waals surface area contributed by atoms with Crippen LogP contribution in [-0.4, -0.2) is 23.2 Å². The first-order valence-electron chi connectivity index (χ1n) is 10.1. The SMILES string of the molecule is CC(C)(C)c1ccc(OCc2ccc(C(=O)NC3CCC(O)CC3)cc2)cc1. The Balaban J connectivity index is 1.50. The maximum absolute atomic E-state index is 12.4. The van der Waals surface area contributed by atoms with Gasteiger partial charge in [-0.2, -0.15) is 0 Å². The number of carbonyl (C=O) groups is 1. The van der Waals surface area contributed by atoms with E-state index in [2.05, 4.69) is 38.2 Å². The van der Waals surface area contributed by atoms with E-state index in [1.165, 1.54) is 5.56 Å². The molecule has 2 aromatic carbocycles. The lowest BCUT2D eigenvalue weighted by atomic mass is 9.87. The summed E-state index contributed by atoms with van der Waals surface area (Å²) in [4.78, 5) is 12.4. The van der Waals surface area contributed by atoms with Crippen molar-refractivity contribution in [2.24, 2.45) is 0 Å². The Morgan fingerprint density at radius 1 is 1.00 bits per heavy atom. The zero-order valence-electron chi connectivity index (χ0n) is 17.1. The second kappa shape index (κ2) is 8.78. The molecule has 4 heteroatoms. The topological polar surface area (TPSA) is 58.6 Å². The van der Waals surface area contributed by atoms with Gasteiger partial charge in [0, 0.05) is 11.6 Å². The molecular weight excluding hydrogens is 350 g/mol. The predicted molar refractivity (Wildman–Crippen MR) is 112 cm³/mol. The van der Waals surface area contributed by atoms with Crippen LogP contribution in [0.1, 0.15) is 67.9 Å². The Labute approximate surface area is 167 Å². The van der Waals surface area contributed by atoms with Crippen LogP contribution in [-0.2, 0) is 12.0 Å². The molecule has 1 aliphatic rings. The van der Waals surface area contributed by atoms with Crippen molar-refractivity contribution in [1.82, 2.24) is 5.32 Å². The Hall–Kier alpha value is -2.33. The van der Waals surface area contributed by atoms with Gasteiger partial charge in [-0.15, -0.1) is 0 Å². The Morgan fingerprint density at radius 3 is 2.18 bits per heavy atom. The van der Waals surface area contributed by atoms with E-state index < -0.39 is 0 Å². The van der Waals surface area contributed by atoms with Crippen molar-refractivity contribution < 1.29 is 14.6 Å². The summed E-state index contributed by atoms with van der Waals surface area (Å²) in [6, 6.07) is 15.9. The van der Waals surface area contributed by atoms with Gasteiger partial charge in [-0.3, -0.25) is 4.79 Å². The summed E-state index contributed by atoms with van der Waals surface area (Å²) in [6.07, 6.45) is 2.99. The number of amides is 1. The summed E-state index contributed by atoms with van der Waals surface area (Å²) in [7, 11) is 0. The predicted octanol–water partition coefficient (Wildman–Crippen LogP) is 4.60. The summed E-state index contributed by atoms with van der Waals surface area (Å²) in [5.41, 5.74) is 3.09. The fraction of sp³-hybridized carbons (Fsp3) is 0.458. The highest BCUT2D eigenvalue weighted by atomic mass is 16.5. The molecule has 1 fully saturated rings. The van der Waals surface area contributed by atoms with Gasteiger partial charge < -0.3 is 15.2 Å². The van der Waals surface area contributed by atoms with Crippen molar-refractivity contribution in [3.8, 4) is 5.75 Å². The lowest BCUT2D eigenvalue weighted by Gasteiger charge is -2.26. The number of ether oxygens (including phenoxy) is 1. The first kappa shape index (κ1) is 20.4. The number of hydrogen-bond donors (Lipinski definition) is 2. The van der Waals surface area contributed by atoms with Gasteiger partial charge >= 0.3 is 0 Å². The highest BCUT2D eigenvalue weighted by Gasteiger charge is 2.21. The van der Waals surface area contributed by atoms with Crippen molar-refractivity contribution in [3.05, 3.63) is 65.2 Å². The molecule has 1 aliphatic carbocycles. The van der Waals surface area contributed by atoms with E-state index in [0.29, 0.717) is 12.2 Å². The molecule has 0 aliphatic heterocycles. The molecule has 3 rings (SSSR count). The van der Waals surface area contributed by atoms with Crippen molar-refractivity contribution in [3.63, 3.8) is 0 Å². The van der Waals surface area contributed by atoms with Gasteiger partial charge in [0.1, 0.15) is 12.4 Å². The number of aliphatic hydroxyl groups excluding tert-OH is 1. The van der Waals surface area contributed by atoms with Crippen LogP contribution in [0.3, 0.4) is 0 Å². The highest BCUT2D eigenvalue weighted by Crippen LogP contribution is 2.24. The Bertz CT molecular complexity index is 767. The van der Waals surface area contributed by atoms with Crippen molar-refractivity contribution in [2.75, 3.05) is 0 Å². The van der Waals surface area contributed by atoms with E-state index >= 15 is 0 Å². The molecule has 0 unspecified atom stereocenters. The third-order valence-corrected chi connectivity index (χ3v) is 5.37. The fourth-order valence-electron chi connectivity index (χ4n) is 3.46. The van der Waals surface area contributed by atoms with Crippen LogP contribution in [0.15, 0.2) is 48.5 Å². The Kier molecular flexibility index (Phi) is 6.40. The van der Waals surface area contributed by atoms with Crippen LogP contribution < -0.4 is 10.1 Å². The monoisotopic (exact) mass is 381 g/mol. The first-order valence-corrected chi connectivity index (χ1v) is 10.1. The molecule has 1 saturated carbocycles. The summed E-state index contributed by atoms with van der Waals surface area (Å²) in [6.45, 7) is 7.05. The van der Waals surface area contributed by atoms with Gasteiger partial charge in [0.25, 0.3) is 5.91 Å². The van der Waals surface area contributed by atoms with Gasteiger partial charge in [0.05, 0.1) is 6.10 Å². The lowest BCUT2D eigenvalue weighted by Crippen LogP contribution is -2.38. The van der Waals surface area contributed by atoms with E-state index in [0.717, 1.165) is 37.0 Å². The number of benzene rings is 2. The molecule has 0 aromatic heterocycles. The van der Waals surface area contributed by atoms with E-state index in [1.807, 2.05) is 36.4 Å². The fourth-order valence-corrected chi connectivity index (χ4v) is 3.46. The van der Waals surface area contributed by atoms with Crippen molar-refractivity contribution in [1.29, 1.82) is 0 Å². The molecule has 0 heterocycles. The van der Waals surface area contributed by atoms with E-state index in [-0.39, 0.29) is 23.5 Å². The van der Waals surface area contributed by atoms with Gasteiger partial charge in [-0.05, 0) is 66.5 Å². The number of hydrogen-bond acceptors (Lipinski definition) is 3. The van der Waals surface area contributed by atoms with Crippen LogP contribution >= 0.6 is 0 Å². The van der Waals surface area contributed by atoms with Crippen molar-refractivity contribution >= 4 is 5.91 Å².